The highest BCUT2D eigenvalue weighted by molar-refractivity contribution is 9.10. The fourth-order valence-corrected chi connectivity index (χ4v) is 4.95. The Bertz CT molecular complexity index is 861. The molecule has 1 N–H and O–H groups in total. The summed E-state index contributed by atoms with van der Waals surface area (Å²) in [5, 5.41) is 3.73. The van der Waals surface area contributed by atoms with Gasteiger partial charge in [0, 0.05) is 28.6 Å². The maximum Gasteiger partial charge on any atom is 0.252 e. The summed E-state index contributed by atoms with van der Waals surface area (Å²) in [6.45, 7) is 6.56. The van der Waals surface area contributed by atoms with E-state index < -0.39 is 10.0 Å². The van der Waals surface area contributed by atoms with Crippen molar-refractivity contribution >= 4 is 43.2 Å². The van der Waals surface area contributed by atoms with E-state index in [2.05, 4.69) is 26.2 Å². The molecular formula is C16H20BrN3O3S2. The van der Waals surface area contributed by atoms with Crippen LogP contribution < -0.4 is 5.32 Å². The molecule has 0 unspecified atom stereocenters. The van der Waals surface area contributed by atoms with E-state index in [1.807, 2.05) is 6.92 Å². The average Bonchev–Trinajstić information content (AvgIpc) is 2.99. The first kappa shape index (κ1) is 20.0. The molecule has 0 aliphatic carbocycles. The Kier molecular flexibility index (Phi) is 6.72. The van der Waals surface area contributed by atoms with Gasteiger partial charge in [-0.25, -0.2) is 13.4 Å². The normalized spacial score (nSPS) is 11.7. The smallest absolute Gasteiger partial charge is 0.252 e. The van der Waals surface area contributed by atoms with Crippen LogP contribution in [0.1, 0.15) is 34.1 Å². The van der Waals surface area contributed by atoms with E-state index in [4.69, 9.17) is 0 Å². The van der Waals surface area contributed by atoms with Gasteiger partial charge in [-0.15, -0.1) is 11.3 Å². The van der Waals surface area contributed by atoms with Crippen molar-refractivity contribution in [3.8, 4) is 0 Å². The van der Waals surface area contributed by atoms with Crippen molar-refractivity contribution in [2.75, 3.05) is 13.1 Å². The molecule has 9 heteroatoms. The molecule has 0 aliphatic rings. The van der Waals surface area contributed by atoms with Crippen molar-refractivity contribution in [1.82, 2.24) is 14.6 Å². The minimum absolute atomic E-state index is 0.109. The number of halogens is 1. The van der Waals surface area contributed by atoms with E-state index in [0.717, 1.165) is 9.88 Å². The molecule has 0 fully saturated rings. The SMILES string of the molecule is CCN(CC)S(=O)(=O)c1ccc(Br)c(C(=O)NCc2cnc(C)s2)c1. The lowest BCUT2D eigenvalue weighted by Crippen LogP contribution is -2.31. The second-order valence-corrected chi connectivity index (χ2v) is 9.37. The van der Waals surface area contributed by atoms with Gasteiger partial charge >= 0.3 is 0 Å². The average molecular weight is 446 g/mol. The molecule has 0 saturated carbocycles. The molecule has 0 saturated heterocycles. The lowest BCUT2D eigenvalue weighted by molar-refractivity contribution is 0.0950. The van der Waals surface area contributed by atoms with E-state index >= 15 is 0 Å². The van der Waals surface area contributed by atoms with Crippen molar-refractivity contribution in [3.05, 3.63) is 44.3 Å². The fraction of sp³-hybridized carbons (Fsp3) is 0.375. The molecule has 0 radical (unpaired) electrons. The second-order valence-electron chi connectivity index (χ2n) is 5.26. The molecule has 0 bridgehead atoms. The predicted octanol–water partition coefficient (Wildman–Crippen LogP) is 3.17. The standard InChI is InChI=1S/C16H20BrN3O3S2/c1-4-20(5-2)25(22,23)13-6-7-15(17)14(8-13)16(21)19-10-12-9-18-11(3)24-12/h6-9H,4-5,10H2,1-3H3,(H,19,21). The van der Waals surface area contributed by atoms with Gasteiger partial charge in [0.2, 0.25) is 10.0 Å². The number of nitrogens with zero attached hydrogens (tertiary/aromatic N) is 2. The molecular weight excluding hydrogens is 426 g/mol. The number of aryl methyl sites for hydroxylation is 1. The minimum Gasteiger partial charge on any atom is -0.347 e. The van der Waals surface area contributed by atoms with Crippen molar-refractivity contribution in [2.24, 2.45) is 0 Å². The van der Waals surface area contributed by atoms with Gasteiger partial charge in [-0.05, 0) is 41.1 Å². The Balaban J connectivity index is 2.24. The summed E-state index contributed by atoms with van der Waals surface area (Å²) in [6, 6.07) is 4.49. The summed E-state index contributed by atoms with van der Waals surface area (Å²) < 4.78 is 27.2. The van der Waals surface area contributed by atoms with Crippen LogP contribution in [-0.2, 0) is 16.6 Å². The molecule has 2 rings (SSSR count). The van der Waals surface area contributed by atoms with Crippen molar-refractivity contribution in [1.29, 1.82) is 0 Å². The van der Waals surface area contributed by atoms with Crippen LogP contribution in [0.3, 0.4) is 0 Å². The zero-order valence-electron chi connectivity index (χ0n) is 14.2. The molecule has 2 aromatic rings. The molecule has 25 heavy (non-hydrogen) atoms. The number of thiazole rings is 1. The summed E-state index contributed by atoms with van der Waals surface area (Å²) in [7, 11) is -3.61. The predicted molar refractivity (Wildman–Crippen MR) is 102 cm³/mol. The quantitative estimate of drug-likeness (QED) is 0.709. The van der Waals surface area contributed by atoms with Crippen molar-refractivity contribution < 1.29 is 13.2 Å². The third-order valence-corrected chi connectivity index (χ3v) is 7.27. The number of sulfonamides is 1. The largest absolute Gasteiger partial charge is 0.347 e. The number of carbonyl (C=O) groups excluding carboxylic acids is 1. The van der Waals surface area contributed by atoms with Gasteiger partial charge < -0.3 is 5.32 Å². The Labute approximate surface area is 160 Å². The molecule has 1 aromatic heterocycles. The number of aromatic nitrogens is 1. The topological polar surface area (TPSA) is 79.4 Å². The summed E-state index contributed by atoms with van der Waals surface area (Å²) >= 11 is 4.83. The Morgan fingerprint density at radius 2 is 2.00 bits per heavy atom. The van der Waals surface area contributed by atoms with Crippen molar-refractivity contribution in [2.45, 2.75) is 32.2 Å². The van der Waals surface area contributed by atoms with E-state index in [1.165, 1.54) is 27.8 Å². The highest BCUT2D eigenvalue weighted by atomic mass is 79.9. The molecule has 1 heterocycles. The highest BCUT2D eigenvalue weighted by Crippen LogP contribution is 2.23. The van der Waals surface area contributed by atoms with E-state index in [-0.39, 0.29) is 16.4 Å². The third kappa shape index (κ3) is 4.66. The van der Waals surface area contributed by atoms with Gasteiger partial charge in [0.05, 0.1) is 22.0 Å². The Morgan fingerprint density at radius 3 is 2.56 bits per heavy atom. The number of hydrogen-bond donors (Lipinski definition) is 1. The first-order valence-corrected chi connectivity index (χ1v) is 10.8. The third-order valence-electron chi connectivity index (χ3n) is 3.62. The van der Waals surface area contributed by atoms with Crippen LogP contribution in [0.2, 0.25) is 0 Å². The summed E-state index contributed by atoms with van der Waals surface area (Å²) in [5.41, 5.74) is 0.287. The highest BCUT2D eigenvalue weighted by Gasteiger charge is 2.23. The van der Waals surface area contributed by atoms with Crippen LogP contribution in [-0.4, -0.2) is 36.7 Å². The van der Waals surface area contributed by atoms with Gasteiger partial charge in [-0.2, -0.15) is 4.31 Å². The molecule has 1 aromatic carbocycles. The zero-order valence-corrected chi connectivity index (χ0v) is 17.5. The maximum absolute atomic E-state index is 12.6. The van der Waals surface area contributed by atoms with Gasteiger partial charge in [0.1, 0.15) is 0 Å². The summed E-state index contributed by atoms with van der Waals surface area (Å²) in [5.74, 6) is -0.338. The van der Waals surface area contributed by atoms with Crippen LogP contribution in [0.25, 0.3) is 0 Å². The first-order valence-electron chi connectivity index (χ1n) is 7.78. The lowest BCUT2D eigenvalue weighted by atomic mass is 10.2. The van der Waals surface area contributed by atoms with E-state index in [0.29, 0.717) is 24.1 Å². The zero-order chi connectivity index (χ0) is 18.6. The monoisotopic (exact) mass is 445 g/mol. The van der Waals surface area contributed by atoms with Crippen molar-refractivity contribution in [3.63, 3.8) is 0 Å². The minimum atomic E-state index is -3.61. The fourth-order valence-electron chi connectivity index (χ4n) is 2.30. The summed E-state index contributed by atoms with van der Waals surface area (Å²) in [4.78, 5) is 17.7. The summed E-state index contributed by atoms with van der Waals surface area (Å²) in [6.07, 6.45) is 1.72. The lowest BCUT2D eigenvalue weighted by Gasteiger charge is -2.19. The van der Waals surface area contributed by atoms with Gasteiger partial charge in [0.25, 0.3) is 5.91 Å². The molecule has 0 aliphatic heterocycles. The van der Waals surface area contributed by atoms with Gasteiger partial charge in [-0.3, -0.25) is 4.79 Å². The second kappa shape index (κ2) is 8.39. The van der Waals surface area contributed by atoms with Crippen LogP contribution in [0.4, 0.5) is 0 Å². The molecule has 0 atom stereocenters. The van der Waals surface area contributed by atoms with E-state index in [1.54, 1.807) is 26.1 Å². The van der Waals surface area contributed by atoms with Crippen LogP contribution in [0.15, 0.2) is 33.8 Å². The number of hydrogen-bond acceptors (Lipinski definition) is 5. The van der Waals surface area contributed by atoms with Crippen LogP contribution in [0, 0.1) is 6.92 Å². The number of rotatable bonds is 7. The van der Waals surface area contributed by atoms with Gasteiger partial charge in [0.15, 0.2) is 0 Å². The number of amides is 1. The number of benzene rings is 1. The first-order chi connectivity index (χ1) is 11.8. The van der Waals surface area contributed by atoms with Crippen LogP contribution in [0.5, 0.6) is 0 Å². The number of carbonyl (C=O) groups is 1. The van der Waals surface area contributed by atoms with Gasteiger partial charge in [-0.1, -0.05) is 13.8 Å². The maximum atomic E-state index is 12.6. The molecule has 6 nitrogen and oxygen atoms in total. The van der Waals surface area contributed by atoms with Crippen LogP contribution >= 0.6 is 27.3 Å². The Morgan fingerprint density at radius 1 is 1.32 bits per heavy atom. The molecule has 0 spiro atoms. The van der Waals surface area contributed by atoms with E-state index in [9.17, 15) is 13.2 Å². The molecule has 136 valence electrons. The number of nitrogens with one attached hydrogen (secondary N) is 1. The molecule has 1 amide bonds. The Hall–Kier alpha value is -1.29.